The zero-order valence-corrected chi connectivity index (χ0v) is 9.73. The molecule has 0 aromatic carbocycles. The fourth-order valence-corrected chi connectivity index (χ4v) is 2.95. The molecule has 0 saturated heterocycles. The number of likely N-dealkylation sites (N-methyl/N-ethyl adjacent to an activating group) is 1. The van der Waals surface area contributed by atoms with Crippen molar-refractivity contribution in [3.63, 3.8) is 0 Å². The lowest BCUT2D eigenvalue weighted by atomic mass is 9.89. The van der Waals surface area contributed by atoms with Gasteiger partial charge in [-0.3, -0.25) is 4.90 Å². The summed E-state index contributed by atoms with van der Waals surface area (Å²) < 4.78 is 0. The second-order valence-electron chi connectivity index (χ2n) is 5.01. The van der Waals surface area contributed by atoms with Crippen LogP contribution in [0.1, 0.15) is 44.9 Å². The maximum atomic E-state index is 10.0. The van der Waals surface area contributed by atoms with Crippen LogP contribution in [0.3, 0.4) is 0 Å². The number of nitrogens with zero attached hydrogens (tertiary/aromatic N) is 1. The lowest BCUT2D eigenvalue weighted by Crippen LogP contribution is -2.47. The molecule has 86 valence electrons. The molecule has 2 rings (SSSR count). The van der Waals surface area contributed by atoms with Crippen LogP contribution in [0.25, 0.3) is 0 Å². The van der Waals surface area contributed by atoms with E-state index in [2.05, 4.69) is 24.1 Å². The number of hydrogen-bond acceptors (Lipinski definition) is 2. The van der Waals surface area contributed by atoms with Gasteiger partial charge in [-0.2, -0.15) is 0 Å². The van der Waals surface area contributed by atoms with E-state index in [0.29, 0.717) is 12.1 Å². The quantitative estimate of drug-likeness (QED) is 0.706. The molecule has 0 spiro atoms. The predicted octanol–water partition coefficient (Wildman–Crippen LogP) is 2.33. The highest BCUT2D eigenvalue weighted by molar-refractivity contribution is 5.00. The van der Waals surface area contributed by atoms with E-state index in [1.165, 1.54) is 38.5 Å². The number of aliphatic hydroxyl groups excluding tert-OH is 1. The first-order valence-electron chi connectivity index (χ1n) is 6.35. The van der Waals surface area contributed by atoms with E-state index in [1.54, 1.807) is 0 Å². The second-order valence-corrected chi connectivity index (χ2v) is 5.01. The van der Waals surface area contributed by atoms with Gasteiger partial charge in [0, 0.05) is 12.1 Å². The van der Waals surface area contributed by atoms with E-state index in [4.69, 9.17) is 0 Å². The predicted molar refractivity (Wildman–Crippen MR) is 62.8 cm³/mol. The van der Waals surface area contributed by atoms with Crippen molar-refractivity contribution < 1.29 is 5.11 Å². The van der Waals surface area contributed by atoms with Crippen molar-refractivity contribution in [2.24, 2.45) is 0 Å². The molecule has 1 saturated carbocycles. The van der Waals surface area contributed by atoms with Crippen LogP contribution in [-0.4, -0.2) is 35.2 Å². The highest BCUT2D eigenvalue weighted by Crippen LogP contribution is 2.26. The third-order valence-electron chi connectivity index (χ3n) is 3.97. The summed E-state index contributed by atoms with van der Waals surface area (Å²) in [6.45, 7) is 0. The SMILES string of the molecule is CN(C1C=CCCC1)C1CCCCC1O. The molecule has 0 aromatic rings. The summed E-state index contributed by atoms with van der Waals surface area (Å²) in [7, 11) is 2.18. The second kappa shape index (κ2) is 5.13. The molecule has 0 bridgehead atoms. The van der Waals surface area contributed by atoms with Crippen molar-refractivity contribution in [1.82, 2.24) is 4.90 Å². The van der Waals surface area contributed by atoms with Crippen molar-refractivity contribution in [2.75, 3.05) is 7.05 Å². The van der Waals surface area contributed by atoms with Crippen molar-refractivity contribution in [3.8, 4) is 0 Å². The van der Waals surface area contributed by atoms with Crippen LogP contribution in [0.4, 0.5) is 0 Å². The molecule has 0 heterocycles. The molecule has 1 N–H and O–H groups in total. The van der Waals surface area contributed by atoms with Gasteiger partial charge in [0.05, 0.1) is 6.10 Å². The van der Waals surface area contributed by atoms with Crippen molar-refractivity contribution in [1.29, 1.82) is 0 Å². The number of rotatable bonds is 2. The first-order valence-corrected chi connectivity index (χ1v) is 6.35. The Morgan fingerprint density at radius 1 is 1.13 bits per heavy atom. The molecule has 0 aliphatic heterocycles. The lowest BCUT2D eigenvalue weighted by Gasteiger charge is -2.39. The number of aliphatic hydroxyl groups is 1. The standard InChI is InChI=1S/C13H23NO/c1-14(11-7-3-2-4-8-11)12-9-5-6-10-13(12)15/h3,7,11-13,15H,2,4-6,8-10H2,1H3. The van der Waals surface area contributed by atoms with Gasteiger partial charge in [-0.25, -0.2) is 0 Å². The number of hydrogen-bond donors (Lipinski definition) is 1. The summed E-state index contributed by atoms with van der Waals surface area (Å²) in [6.07, 6.45) is 13.0. The zero-order chi connectivity index (χ0) is 10.7. The Morgan fingerprint density at radius 3 is 2.60 bits per heavy atom. The van der Waals surface area contributed by atoms with E-state index in [-0.39, 0.29) is 6.10 Å². The molecule has 2 nitrogen and oxygen atoms in total. The van der Waals surface area contributed by atoms with Crippen LogP contribution in [0.15, 0.2) is 12.2 Å². The zero-order valence-electron chi connectivity index (χ0n) is 9.73. The Bertz CT molecular complexity index is 227. The minimum Gasteiger partial charge on any atom is -0.391 e. The Labute approximate surface area is 93.0 Å². The maximum Gasteiger partial charge on any atom is 0.0695 e. The third kappa shape index (κ3) is 2.61. The van der Waals surface area contributed by atoms with Gasteiger partial charge in [-0.1, -0.05) is 25.0 Å². The topological polar surface area (TPSA) is 23.5 Å². The van der Waals surface area contributed by atoms with Gasteiger partial charge in [0.1, 0.15) is 0 Å². The third-order valence-corrected chi connectivity index (χ3v) is 3.97. The lowest BCUT2D eigenvalue weighted by molar-refractivity contribution is 0.0187. The average Bonchev–Trinajstić information content (AvgIpc) is 2.30. The largest absolute Gasteiger partial charge is 0.391 e. The molecule has 15 heavy (non-hydrogen) atoms. The monoisotopic (exact) mass is 209 g/mol. The highest BCUT2D eigenvalue weighted by Gasteiger charge is 2.29. The minimum atomic E-state index is -0.0981. The van der Waals surface area contributed by atoms with Crippen LogP contribution < -0.4 is 0 Å². The molecule has 0 aromatic heterocycles. The molecule has 0 radical (unpaired) electrons. The molecule has 2 heteroatoms. The van der Waals surface area contributed by atoms with Crippen molar-refractivity contribution in [2.45, 2.75) is 63.1 Å². The van der Waals surface area contributed by atoms with E-state index in [9.17, 15) is 5.11 Å². The van der Waals surface area contributed by atoms with Gasteiger partial charge >= 0.3 is 0 Å². The normalized spacial score (nSPS) is 37.1. The molecule has 3 unspecified atom stereocenters. The average molecular weight is 209 g/mol. The summed E-state index contributed by atoms with van der Waals surface area (Å²) in [5.41, 5.74) is 0. The van der Waals surface area contributed by atoms with Crippen LogP contribution >= 0.6 is 0 Å². The summed E-state index contributed by atoms with van der Waals surface area (Å²) in [5, 5.41) is 10.0. The van der Waals surface area contributed by atoms with Crippen LogP contribution in [0.2, 0.25) is 0 Å². The Hall–Kier alpha value is -0.340. The molecule has 1 fully saturated rings. The Kier molecular flexibility index (Phi) is 3.81. The van der Waals surface area contributed by atoms with E-state index in [0.717, 1.165) is 6.42 Å². The highest BCUT2D eigenvalue weighted by atomic mass is 16.3. The molecule has 0 amide bonds. The summed E-state index contributed by atoms with van der Waals surface area (Å²) in [4.78, 5) is 2.40. The number of allylic oxidation sites excluding steroid dienone is 1. The first-order chi connectivity index (χ1) is 7.29. The molecule has 3 atom stereocenters. The van der Waals surface area contributed by atoms with Crippen LogP contribution in [-0.2, 0) is 0 Å². The van der Waals surface area contributed by atoms with Crippen molar-refractivity contribution >= 4 is 0 Å². The first kappa shape index (κ1) is 11.2. The van der Waals surface area contributed by atoms with Gasteiger partial charge in [0.2, 0.25) is 0 Å². The van der Waals surface area contributed by atoms with E-state index >= 15 is 0 Å². The fourth-order valence-electron chi connectivity index (χ4n) is 2.95. The summed E-state index contributed by atoms with van der Waals surface area (Å²) >= 11 is 0. The smallest absolute Gasteiger partial charge is 0.0695 e. The molecule has 2 aliphatic carbocycles. The van der Waals surface area contributed by atoms with Gasteiger partial charge < -0.3 is 5.11 Å². The van der Waals surface area contributed by atoms with Crippen molar-refractivity contribution in [3.05, 3.63) is 12.2 Å². The fraction of sp³-hybridized carbons (Fsp3) is 0.846. The Morgan fingerprint density at radius 2 is 1.93 bits per heavy atom. The van der Waals surface area contributed by atoms with E-state index in [1.807, 2.05) is 0 Å². The van der Waals surface area contributed by atoms with Gasteiger partial charge in [-0.15, -0.1) is 0 Å². The van der Waals surface area contributed by atoms with Gasteiger partial charge in [0.15, 0.2) is 0 Å². The van der Waals surface area contributed by atoms with Crippen LogP contribution in [0, 0.1) is 0 Å². The molecular formula is C13H23NO. The minimum absolute atomic E-state index is 0.0981. The molecular weight excluding hydrogens is 186 g/mol. The van der Waals surface area contributed by atoms with Gasteiger partial charge in [0.25, 0.3) is 0 Å². The van der Waals surface area contributed by atoms with Gasteiger partial charge in [-0.05, 0) is 39.2 Å². The van der Waals surface area contributed by atoms with E-state index < -0.39 is 0 Å². The molecule has 2 aliphatic rings. The van der Waals surface area contributed by atoms with Crippen LogP contribution in [0.5, 0.6) is 0 Å². The Balaban J connectivity index is 1.95. The summed E-state index contributed by atoms with van der Waals surface area (Å²) in [6, 6.07) is 0.961. The maximum absolute atomic E-state index is 10.0. The summed E-state index contributed by atoms with van der Waals surface area (Å²) in [5.74, 6) is 0.